The van der Waals surface area contributed by atoms with Gasteiger partial charge in [0, 0.05) is 17.8 Å². The third-order valence-electron chi connectivity index (χ3n) is 2.43. The summed E-state index contributed by atoms with van der Waals surface area (Å²) in [6, 6.07) is 9.89. The molecule has 0 radical (unpaired) electrons. The summed E-state index contributed by atoms with van der Waals surface area (Å²) in [7, 11) is 0. The van der Waals surface area contributed by atoms with Gasteiger partial charge in [0.2, 0.25) is 5.88 Å². The highest BCUT2D eigenvalue weighted by molar-refractivity contribution is 5.34. The van der Waals surface area contributed by atoms with E-state index in [4.69, 9.17) is 4.74 Å². The lowest BCUT2D eigenvalue weighted by Crippen LogP contribution is -1.96. The van der Waals surface area contributed by atoms with Crippen molar-refractivity contribution in [3.8, 4) is 11.6 Å². The summed E-state index contributed by atoms with van der Waals surface area (Å²) in [6.45, 7) is 4.13. The zero-order valence-electron chi connectivity index (χ0n) is 9.85. The molecule has 2 aromatic rings. The van der Waals surface area contributed by atoms with E-state index in [1.165, 1.54) is 12.1 Å². The van der Waals surface area contributed by atoms with E-state index < -0.39 is 0 Å². The van der Waals surface area contributed by atoms with Crippen molar-refractivity contribution in [3.05, 3.63) is 54.0 Å². The molecule has 0 fully saturated rings. The van der Waals surface area contributed by atoms with Crippen LogP contribution in [0.4, 0.5) is 4.39 Å². The first kappa shape index (κ1) is 11.6. The Hall–Kier alpha value is -1.90. The molecule has 0 spiro atoms. The standard InChI is InChI=1S/C14H14FNO/c1-10(2)13-7-4-8-16-14(13)17-12-6-3-5-11(15)9-12/h3-10H,1-2H3. The summed E-state index contributed by atoms with van der Waals surface area (Å²) >= 11 is 0. The number of aromatic nitrogens is 1. The maximum Gasteiger partial charge on any atom is 0.222 e. The van der Waals surface area contributed by atoms with Gasteiger partial charge >= 0.3 is 0 Å². The summed E-state index contributed by atoms with van der Waals surface area (Å²) in [5.74, 6) is 0.996. The van der Waals surface area contributed by atoms with E-state index in [2.05, 4.69) is 18.8 Å². The van der Waals surface area contributed by atoms with Crippen molar-refractivity contribution in [2.24, 2.45) is 0 Å². The lowest BCUT2D eigenvalue weighted by atomic mass is 10.1. The average Bonchev–Trinajstić information content (AvgIpc) is 2.29. The Bertz CT molecular complexity index is 511. The van der Waals surface area contributed by atoms with Gasteiger partial charge in [-0.15, -0.1) is 0 Å². The zero-order chi connectivity index (χ0) is 12.3. The van der Waals surface area contributed by atoms with Crippen LogP contribution in [0.1, 0.15) is 25.3 Å². The van der Waals surface area contributed by atoms with E-state index in [0.717, 1.165) is 5.56 Å². The highest BCUT2D eigenvalue weighted by Crippen LogP contribution is 2.28. The van der Waals surface area contributed by atoms with E-state index >= 15 is 0 Å². The summed E-state index contributed by atoms with van der Waals surface area (Å²) < 4.78 is 18.6. The van der Waals surface area contributed by atoms with Crippen LogP contribution >= 0.6 is 0 Å². The van der Waals surface area contributed by atoms with Gasteiger partial charge in [-0.3, -0.25) is 0 Å². The van der Waals surface area contributed by atoms with Gasteiger partial charge in [0.15, 0.2) is 0 Å². The monoisotopic (exact) mass is 231 g/mol. The summed E-state index contributed by atoms with van der Waals surface area (Å²) in [5.41, 5.74) is 1.01. The first-order valence-corrected chi connectivity index (χ1v) is 5.55. The van der Waals surface area contributed by atoms with Crippen LogP contribution in [0.5, 0.6) is 11.6 Å². The molecule has 1 heterocycles. The number of ether oxygens (including phenoxy) is 1. The molecule has 17 heavy (non-hydrogen) atoms. The first-order valence-electron chi connectivity index (χ1n) is 5.55. The minimum absolute atomic E-state index is 0.312. The summed E-state index contributed by atoms with van der Waals surface area (Å²) in [6.07, 6.45) is 1.67. The van der Waals surface area contributed by atoms with Crippen molar-refractivity contribution in [2.45, 2.75) is 19.8 Å². The minimum Gasteiger partial charge on any atom is -0.439 e. The number of benzene rings is 1. The van der Waals surface area contributed by atoms with Crippen LogP contribution in [0, 0.1) is 5.82 Å². The van der Waals surface area contributed by atoms with E-state index in [1.54, 1.807) is 18.3 Å². The molecule has 0 N–H and O–H groups in total. The Morgan fingerprint density at radius 3 is 2.71 bits per heavy atom. The molecule has 3 heteroatoms. The highest BCUT2D eigenvalue weighted by atomic mass is 19.1. The quantitative estimate of drug-likeness (QED) is 0.792. The fraction of sp³-hybridized carbons (Fsp3) is 0.214. The SMILES string of the molecule is CC(C)c1cccnc1Oc1cccc(F)c1. The van der Waals surface area contributed by atoms with Crippen molar-refractivity contribution in [2.75, 3.05) is 0 Å². The first-order chi connectivity index (χ1) is 8.16. The van der Waals surface area contributed by atoms with Gasteiger partial charge in [-0.05, 0) is 24.1 Å². The Morgan fingerprint density at radius 1 is 1.18 bits per heavy atom. The van der Waals surface area contributed by atoms with Crippen LogP contribution in [-0.4, -0.2) is 4.98 Å². The van der Waals surface area contributed by atoms with Crippen LogP contribution in [0.25, 0.3) is 0 Å². The number of nitrogens with zero attached hydrogens (tertiary/aromatic N) is 1. The van der Waals surface area contributed by atoms with Gasteiger partial charge in [-0.2, -0.15) is 0 Å². The van der Waals surface area contributed by atoms with Crippen molar-refractivity contribution in [3.63, 3.8) is 0 Å². The molecular formula is C14H14FNO. The van der Waals surface area contributed by atoms with Crippen LogP contribution in [0.3, 0.4) is 0 Å². The predicted molar refractivity (Wildman–Crippen MR) is 64.8 cm³/mol. The fourth-order valence-electron chi connectivity index (χ4n) is 1.57. The number of pyridine rings is 1. The largest absolute Gasteiger partial charge is 0.439 e. The molecule has 2 nitrogen and oxygen atoms in total. The van der Waals surface area contributed by atoms with E-state index in [-0.39, 0.29) is 5.82 Å². The Labute approximate surface area is 100 Å². The molecule has 0 aliphatic carbocycles. The molecule has 2 rings (SSSR count). The van der Waals surface area contributed by atoms with Gasteiger partial charge < -0.3 is 4.74 Å². The van der Waals surface area contributed by atoms with Crippen LogP contribution < -0.4 is 4.74 Å². The van der Waals surface area contributed by atoms with Gasteiger partial charge in [0.1, 0.15) is 11.6 Å². The van der Waals surface area contributed by atoms with E-state index in [1.807, 2.05) is 12.1 Å². The molecule has 0 atom stereocenters. The maximum atomic E-state index is 13.0. The number of hydrogen-bond donors (Lipinski definition) is 0. The Kier molecular flexibility index (Phi) is 3.38. The smallest absolute Gasteiger partial charge is 0.222 e. The van der Waals surface area contributed by atoms with Crippen molar-refractivity contribution in [1.29, 1.82) is 0 Å². The zero-order valence-corrected chi connectivity index (χ0v) is 9.85. The topological polar surface area (TPSA) is 22.1 Å². The second-order valence-electron chi connectivity index (χ2n) is 4.11. The lowest BCUT2D eigenvalue weighted by molar-refractivity contribution is 0.449. The second-order valence-corrected chi connectivity index (χ2v) is 4.11. The van der Waals surface area contributed by atoms with Gasteiger partial charge in [0.05, 0.1) is 0 Å². The van der Waals surface area contributed by atoms with Crippen molar-refractivity contribution >= 4 is 0 Å². The third-order valence-corrected chi connectivity index (χ3v) is 2.43. The number of halogens is 1. The van der Waals surface area contributed by atoms with Crippen LogP contribution in [0.2, 0.25) is 0 Å². The molecule has 0 saturated carbocycles. The molecule has 0 saturated heterocycles. The Balaban J connectivity index is 2.30. The summed E-state index contributed by atoms with van der Waals surface area (Å²) in [4.78, 5) is 4.18. The number of rotatable bonds is 3. The second kappa shape index (κ2) is 4.95. The van der Waals surface area contributed by atoms with Crippen LogP contribution in [0.15, 0.2) is 42.6 Å². The third kappa shape index (κ3) is 2.81. The molecule has 88 valence electrons. The number of hydrogen-bond acceptors (Lipinski definition) is 2. The predicted octanol–water partition coefficient (Wildman–Crippen LogP) is 4.14. The molecule has 0 aliphatic heterocycles. The van der Waals surface area contributed by atoms with Gasteiger partial charge in [-0.1, -0.05) is 26.0 Å². The molecular weight excluding hydrogens is 217 g/mol. The molecule has 0 aliphatic rings. The highest BCUT2D eigenvalue weighted by Gasteiger charge is 2.09. The van der Waals surface area contributed by atoms with Gasteiger partial charge in [-0.25, -0.2) is 9.37 Å². The maximum absolute atomic E-state index is 13.0. The molecule has 1 aromatic heterocycles. The molecule has 0 amide bonds. The molecule has 1 aromatic carbocycles. The normalized spacial score (nSPS) is 10.6. The lowest BCUT2D eigenvalue weighted by Gasteiger charge is -2.11. The minimum atomic E-state index is -0.315. The average molecular weight is 231 g/mol. The Morgan fingerprint density at radius 2 is 2.00 bits per heavy atom. The van der Waals surface area contributed by atoms with E-state index in [0.29, 0.717) is 17.5 Å². The van der Waals surface area contributed by atoms with Crippen molar-refractivity contribution in [1.82, 2.24) is 4.98 Å². The van der Waals surface area contributed by atoms with E-state index in [9.17, 15) is 4.39 Å². The van der Waals surface area contributed by atoms with Crippen molar-refractivity contribution < 1.29 is 9.13 Å². The molecule has 0 unspecified atom stereocenters. The fourth-order valence-corrected chi connectivity index (χ4v) is 1.57. The molecule has 0 bridgehead atoms. The van der Waals surface area contributed by atoms with Crippen LogP contribution in [-0.2, 0) is 0 Å². The summed E-state index contributed by atoms with van der Waals surface area (Å²) in [5, 5.41) is 0. The van der Waals surface area contributed by atoms with Gasteiger partial charge in [0.25, 0.3) is 0 Å².